The lowest BCUT2D eigenvalue weighted by Crippen LogP contribution is -2.38. The van der Waals surface area contributed by atoms with Gasteiger partial charge in [0.1, 0.15) is 17.4 Å². The molecule has 1 saturated heterocycles. The van der Waals surface area contributed by atoms with E-state index in [1.807, 2.05) is 0 Å². The molecular weight excluding hydrogens is 372 g/mol. The lowest BCUT2D eigenvalue weighted by molar-refractivity contribution is 0.0352. The molecule has 2 aromatic heterocycles. The van der Waals surface area contributed by atoms with Gasteiger partial charge in [-0.15, -0.1) is 0 Å². The smallest absolute Gasteiger partial charge is 0.291 e. The standard InChI is InChI=1S/C22H22N2O5/c25-20-15-5-1-2-6-16(15)29-21-18(20)19(17-7-3-12-28-17)24(22(21)26)9-4-8-23-10-13-27-14-11-23/h1-3,5-7,12,19H,4,8-11,13-14H2/t19-/m1/s1. The zero-order chi connectivity index (χ0) is 19.8. The number of hydrogen-bond donors (Lipinski definition) is 0. The van der Waals surface area contributed by atoms with Crippen molar-refractivity contribution in [3.8, 4) is 0 Å². The topological polar surface area (TPSA) is 76.1 Å². The fourth-order valence-electron chi connectivity index (χ4n) is 4.23. The van der Waals surface area contributed by atoms with Crippen molar-refractivity contribution in [1.29, 1.82) is 0 Å². The van der Waals surface area contributed by atoms with Crippen molar-refractivity contribution < 1.29 is 18.4 Å². The fourth-order valence-corrected chi connectivity index (χ4v) is 4.23. The summed E-state index contributed by atoms with van der Waals surface area (Å²) in [5.41, 5.74) is 0.625. The first-order valence-corrected chi connectivity index (χ1v) is 9.94. The second-order valence-electron chi connectivity index (χ2n) is 7.39. The van der Waals surface area contributed by atoms with Crippen LogP contribution in [0.15, 0.2) is 56.3 Å². The first kappa shape index (κ1) is 18.1. The summed E-state index contributed by atoms with van der Waals surface area (Å²) in [5, 5.41) is 0.478. The lowest BCUT2D eigenvalue weighted by atomic mass is 10.0. The maximum Gasteiger partial charge on any atom is 0.291 e. The van der Waals surface area contributed by atoms with Gasteiger partial charge in [0, 0.05) is 26.2 Å². The largest absolute Gasteiger partial charge is 0.467 e. The molecule has 0 radical (unpaired) electrons. The Morgan fingerprint density at radius 2 is 1.83 bits per heavy atom. The number of carbonyl (C=O) groups is 1. The number of nitrogens with zero attached hydrogens (tertiary/aromatic N) is 2. The number of benzene rings is 1. The molecule has 4 heterocycles. The van der Waals surface area contributed by atoms with Crippen molar-refractivity contribution in [3.63, 3.8) is 0 Å². The number of ether oxygens (including phenoxy) is 1. The number of carbonyl (C=O) groups excluding carboxylic acids is 1. The first-order chi connectivity index (χ1) is 14.2. The summed E-state index contributed by atoms with van der Waals surface area (Å²) in [6, 6.07) is 10.0. The van der Waals surface area contributed by atoms with Crippen LogP contribution in [0.2, 0.25) is 0 Å². The van der Waals surface area contributed by atoms with Gasteiger partial charge in [-0.1, -0.05) is 12.1 Å². The van der Waals surface area contributed by atoms with Gasteiger partial charge < -0.3 is 18.5 Å². The summed E-state index contributed by atoms with van der Waals surface area (Å²) in [7, 11) is 0. The van der Waals surface area contributed by atoms with Gasteiger partial charge in [-0.3, -0.25) is 14.5 Å². The van der Waals surface area contributed by atoms with Crippen LogP contribution in [0, 0.1) is 0 Å². The molecule has 2 aliphatic heterocycles. The molecule has 1 amide bonds. The summed E-state index contributed by atoms with van der Waals surface area (Å²) in [4.78, 5) is 30.5. The summed E-state index contributed by atoms with van der Waals surface area (Å²) in [6.45, 7) is 4.68. The summed E-state index contributed by atoms with van der Waals surface area (Å²) in [5.74, 6) is 0.443. The molecule has 1 aromatic carbocycles. The van der Waals surface area contributed by atoms with E-state index in [0.29, 0.717) is 28.8 Å². The first-order valence-electron chi connectivity index (χ1n) is 9.94. The molecule has 5 rings (SSSR count). The molecule has 0 bridgehead atoms. The Balaban J connectivity index is 1.49. The third-order valence-electron chi connectivity index (χ3n) is 5.66. The van der Waals surface area contributed by atoms with Gasteiger partial charge in [0.25, 0.3) is 5.91 Å². The van der Waals surface area contributed by atoms with Gasteiger partial charge in [0.15, 0.2) is 5.43 Å². The van der Waals surface area contributed by atoms with Crippen molar-refractivity contribution in [3.05, 3.63) is 70.0 Å². The van der Waals surface area contributed by atoms with E-state index in [1.165, 1.54) is 0 Å². The minimum Gasteiger partial charge on any atom is -0.467 e. The van der Waals surface area contributed by atoms with Crippen molar-refractivity contribution in [2.45, 2.75) is 12.5 Å². The Morgan fingerprint density at radius 1 is 1.00 bits per heavy atom. The highest BCUT2D eigenvalue weighted by Gasteiger charge is 2.43. The van der Waals surface area contributed by atoms with Gasteiger partial charge in [0.2, 0.25) is 5.76 Å². The molecule has 7 heteroatoms. The fraction of sp³-hybridized carbons (Fsp3) is 0.364. The number of hydrogen-bond acceptors (Lipinski definition) is 6. The van der Waals surface area contributed by atoms with Crippen LogP contribution in [0.4, 0.5) is 0 Å². The van der Waals surface area contributed by atoms with Gasteiger partial charge >= 0.3 is 0 Å². The van der Waals surface area contributed by atoms with Crippen LogP contribution in [-0.4, -0.2) is 55.1 Å². The maximum atomic E-state index is 13.2. The van der Waals surface area contributed by atoms with Crippen molar-refractivity contribution in [1.82, 2.24) is 9.80 Å². The van der Waals surface area contributed by atoms with E-state index in [0.717, 1.165) is 39.3 Å². The van der Waals surface area contributed by atoms with Gasteiger partial charge in [-0.05, 0) is 30.7 Å². The second-order valence-corrected chi connectivity index (χ2v) is 7.39. The Bertz CT molecular complexity index is 1080. The molecule has 0 saturated carbocycles. The predicted molar refractivity (Wildman–Crippen MR) is 106 cm³/mol. The van der Waals surface area contributed by atoms with Crippen LogP contribution in [0.1, 0.15) is 34.3 Å². The zero-order valence-electron chi connectivity index (χ0n) is 16.0. The molecule has 3 aromatic rings. The Labute approximate surface area is 167 Å². The quantitative estimate of drug-likeness (QED) is 0.662. The molecule has 0 spiro atoms. The Hall–Kier alpha value is -2.90. The SMILES string of the molecule is O=C1c2oc3ccccc3c(=O)c2[C@@H](c2ccco2)N1CCCN1CCOCC1. The number of morpholine rings is 1. The van der Waals surface area contributed by atoms with Crippen LogP contribution in [-0.2, 0) is 4.74 Å². The highest BCUT2D eigenvalue weighted by molar-refractivity contribution is 5.98. The number of para-hydroxylation sites is 1. The predicted octanol–water partition coefficient (Wildman–Crippen LogP) is 2.65. The van der Waals surface area contributed by atoms with Crippen LogP contribution >= 0.6 is 0 Å². The highest BCUT2D eigenvalue weighted by Crippen LogP contribution is 2.38. The molecule has 1 fully saturated rings. The van der Waals surface area contributed by atoms with Crippen molar-refractivity contribution >= 4 is 16.9 Å². The second kappa shape index (κ2) is 7.50. The number of amides is 1. The Kier molecular flexibility index (Phi) is 4.69. The third-order valence-corrected chi connectivity index (χ3v) is 5.66. The van der Waals surface area contributed by atoms with Gasteiger partial charge in [-0.2, -0.15) is 0 Å². The number of fused-ring (bicyclic) bond motifs is 2. The van der Waals surface area contributed by atoms with E-state index in [9.17, 15) is 9.59 Å². The number of rotatable bonds is 5. The summed E-state index contributed by atoms with van der Waals surface area (Å²) >= 11 is 0. The average molecular weight is 394 g/mol. The van der Waals surface area contributed by atoms with Gasteiger partial charge in [-0.25, -0.2) is 0 Å². The van der Waals surface area contributed by atoms with Crippen LogP contribution < -0.4 is 5.43 Å². The maximum absolute atomic E-state index is 13.2. The molecule has 0 aliphatic carbocycles. The van der Waals surface area contributed by atoms with E-state index in [2.05, 4.69) is 4.90 Å². The third kappa shape index (κ3) is 3.16. The minimum atomic E-state index is -0.557. The Morgan fingerprint density at radius 3 is 2.62 bits per heavy atom. The molecule has 0 N–H and O–H groups in total. The molecule has 1 atom stereocenters. The van der Waals surface area contributed by atoms with Crippen molar-refractivity contribution in [2.24, 2.45) is 0 Å². The molecule has 150 valence electrons. The van der Waals surface area contributed by atoms with Crippen LogP contribution in [0.25, 0.3) is 11.0 Å². The summed E-state index contributed by atoms with van der Waals surface area (Å²) in [6.07, 6.45) is 2.36. The number of furan rings is 1. The van der Waals surface area contributed by atoms with Crippen LogP contribution in [0.3, 0.4) is 0 Å². The highest BCUT2D eigenvalue weighted by atomic mass is 16.5. The molecule has 0 unspecified atom stereocenters. The van der Waals surface area contributed by atoms with Gasteiger partial charge in [0.05, 0.1) is 30.4 Å². The monoisotopic (exact) mass is 394 g/mol. The molecule has 29 heavy (non-hydrogen) atoms. The van der Waals surface area contributed by atoms with Crippen LogP contribution in [0.5, 0.6) is 0 Å². The van der Waals surface area contributed by atoms with E-state index in [1.54, 1.807) is 47.6 Å². The average Bonchev–Trinajstić information content (AvgIpc) is 3.37. The molecular formula is C22H22N2O5. The van der Waals surface area contributed by atoms with E-state index < -0.39 is 6.04 Å². The van der Waals surface area contributed by atoms with E-state index in [4.69, 9.17) is 13.6 Å². The lowest BCUT2D eigenvalue weighted by Gasteiger charge is -2.28. The van der Waals surface area contributed by atoms with E-state index in [-0.39, 0.29) is 17.1 Å². The minimum absolute atomic E-state index is 0.126. The molecule has 7 nitrogen and oxygen atoms in total. The normalized spacial score (nSPS) is 19.8. The summed E-state index contributed by atoms with van der Waals surface area (Å²) < 4.78 is 16.9. The molecule has 2 aliphatic rings. The van der Waals surface area contributed by atoms with E-state index >= 15 is 0 Å². The van der Waals surface area contributed by atoms with Crippen molar-refractivity contribution in [2.75, 3.05) is 39.4 Å². The zero-order valence-corrected chi connectivity index (χ0v) is 16.0.